The van der Waals surface area contributed by atoms with Crippen LogP contribution in [0.3, 0.4) is 0 Å². The number of hydrogen-bond donors (Lipinski definition) is 0. The number of ether oxygens (including phenoxy) is 2. The van der Waals surface area contributed by atoms with Gasteiger partial charge in [-0.1, -0.05) is 36.9 Å². The van der Waals surface area contributed by atoms with Crippen LogP contribution in [0.5, 0.6) is 6.01 Å². The van der Waals surface area contributed by atoms with Crippen LogP contribution in [-0.4, -0.2) is 78.9 Å². The van der Waals surface area contributed by atoms with E-state index in [1.165, 1.54) is 28.1 Å². The van der Waals surface area contributed by atoms with E-state index in [9.17, 15) is 4.79 Å². The average molecular weight is 567 g/mol. The van der Waals surface area contributed by atoms with Crippen molar-refractivity contribution in [1.82, 2.24) is 14.9 Å². The van der Waals surface area contributed by atoms with E-state index in [2.05, 4.69) is 64.5 Å². The second kappa shape index (κ2) is 12.4. The van der Waals surface area contributed by atoms with E-state index in [0.717, 1.165) is 49.3 Å². The number of aryl methyl sites for hydroxylation is 1. The quantitative estimate of drug-likeness (QED) is 0.202. The summed E-state index contributed by atoms with van der Waals surface area (Å²) >= 11 is 0. The van der Waals surface area contributed by atoms with Crippen molar-refractivity contribution in [3.8, 4) is 6.01 Å². The van der Waals surface area contributed by atoms with Crippen LogP contribution in [0.1, 0.15) is 36.1 Å². The lowest BCUT2D eigenvalue weighted by Gasteiger charge is -2.41. The van der Waals surface area contributed by atoms with Crippen molar-refractivity contribution in [2.75, 3.05) is 55.7 Å². The molecular weight excluding hydrogens is 528 g/mol. The molecule has 2 aliphatic heterocycles. The van der Waals surface area contributed by atoms with Crippen LogP contribution in [0, 0.1) is 13.5 Å². The van der Waals surface area contributed by atoms with Crippen molar-refractivity contribution in [2.45, 2.75) is 51.3 Å². The zero-order chi connectivity index (χ0) is 29.1. The second-order valence-corrected chi connectivity index (χ2v) is 11.3. The van der Waals surface area contributed by atoms with E-state index in [1.54, 1.807) is 4.90 Å². The van der Waals surface area contributed by atoms with Crippen LogP contribution in [0.25, 0.3) is 15.6 Å². The molecule has 0 bridgehead atoms. The third-order valence-electron chi connectivity index (χ3n) is 8.39. The summed E-state index contributed by atoms with van der Waals surface area (Å²) in [6.07, 6.45) is 5.65. The second-order valence-electron chi connectivity index (χ2n) is 11.3. The molecule has 2 aromatic carbocycles. The number of piperazine rings is 1. The molecule has 0 spiro atoms. The molecule has 0 radical (unpaired) electrons. The minimum absolute atomic E-state index is 0.133. The first-order valence-electron chi connectivity index (χ1n) is 14.9. The highest BCUT2D eigenvalue weighted by Gasteiger charge is 2.35. The Morgan fingerprint density at radius 2 is 1.95 bits per heavy atom. The lowest BCUT2D eigenvalue weighted by molar-refractivity contribution is -0.128. The van der Waals surface area contributed by atoms with Gasteiger partial charge in [0.05, 0.1) is 31.6 Å². The zero-order valence-electron chi connectivity index (χ0n) is 24.3. The van der Waals surface area contributed by atoms with Crippen LogP contribution in [0.2, 0.25) is 0 Å². The zero-order valence-corrected chi connectivity index (χ0v) is 24.3. The Morgan fingerprint density at radius 1 is 1.12 bits per heavy atom. The van der Waals surface area contributed by atoms with Gasteiger partial charge < -0.3 is 29.0 Å². The minimum Gasteiger partial charge on any atom is -0.463 e. The fraction of sp³-hybridized carbons (Fsp3) is 0.455. The molecule has 1 saturated carbocycles. The van der Waals surface area contributed by atoms with Gasteiger partial charge in [-0.25, -0.2) is 6.57 Å². The van der Waals surface area contributed by atoms with Crippen molar-refractivity contribution in [2.24, 2.45) is 0 Å². The first kappa shape index (κ1) is 28.0. The van der Waals surface area contributed by atoms with Gasteiger partial charge in [0.2, 0.25) is 12.5 Å². The van der Waals surface area contributed by atoms with E-state index in [1.807, 2.05) is 0 Å². The van der Waals surface area contributed by atoms with Crippen LogP contribution in [-0.2, 0) is 22.5 Å². The SMILES string of the molecule is [C-]#[N+]C[C@H]1CN(c2nc(OCCCOC3CC3)nc3c2CCN(c2cccc4cccc(C)c24)C3)CCN1C(=O)C=C. The predicted octanol–water partition coefficient (Wildman–Crippen LogP) is 4.57. The number of fused-ring (bicyclic) bond motifs is 2. The molecule has 1 amide bonds. The van der Waals surface area contributed by atoms with Crippen molar-refractivity contribution in [3.63, 3.8) is 0 Å². The third-order valence-corrected chi connectivity index (χ3v) is 8.39. The fourth-order valence-corrected chi connectivity index (χ4v) is 6.11. The fourth-order valence-electron chi connectivity index (χ4n) is 6.11. The Bertz CT molecular complexity index is 1510. The number of anilines is 2. The van der Waals surface area contributed by atoms with Crippen LogP contribution in [0.4, 0.5) is 11.5 Å². The lowest BCUT2D eigenvalue weighted by Crippen LogP contribution is -2.56. The summed E-state index contributed by atoms with van der Waals surface area (Å²) in [5, 5.41) is 2.51. The molecule has 0 unspecified atom stereocenters. The van der Waals surface area contributed by atoms with Crippen molar-refractivity contribution >= 4 is 28.2 Å². The summed E-state index contributed by atoms with van der Waals surface area (Å²) in [6, 6.07) is 13.1. The molecule has 6 rings (SSSR count). The maximum absolute atomic E-state index is 12.5. The molecule has 1 aromatic heterocycles. The average Bonchev–Trinajstić information content (AvgIpc) is 3.84. The molecule has 2 fully saturated rings. The number of amides is 1. The van der Waals surface area contributed by atoms with Gasteiger partial charge >= 0.3 is 6.01 Å². The normalized spacial score (nSPS) is 18.5. The molecule has 0 N–H and O–H groups in total. The predicted molar refractivity (Wildman–Crippen MR) is 164 cm³/mol. The van der Waals surface area contributed by atoms with Gasteiger partial charge in [0.25, 0.3) is 0 Å². The Labute approximate surface area is 247 Å². The Balaban J connectivity index is 1.29. The van der Waals surface area contributed by atoms with E-state index in [4.69, 9.17) is 26.0 Å². The van der Waals surface area contributed by atoms with Gasteiger partial charge in [-0.2, -0.15) is 9.97 Å². The topological polar surface area (TPSA) is 75.4 Å². The highest BCUT2D eigenvalue weighted by molar-refractivity contribution is 5.97. The molecule has 1 saturated heterocycles. The molecule has 42 heavy (non-hydrogen) atoms. The third kappa shape index (κ3) is 5.90. The first-order chi connectivity index (χ1) is 20.6. The van der Waals surface area contributed by atoms with Gasteiger partial charge in [0, 0.05) is 49.2 Å². The first-order valence-corrected chi connectivity index (χ1v) is 14.9. The summed E-state index contributed by atoms with van der Waals surface area (Å²) in [4.78, 5) is 32.4. The maximum atomic E-state index is 12.5. The number of hydrogen-bond acceptors (Lipinski definition) is 7. The summed E-state index contributed by atoms with van der Waals surface area (Å²) in [5.74, 6) is 0.727. The molecule has 3 aliphatic rings. The number of carbonyl (C=O) groups is 1. The van der Waals surface area contributed by atoms with E-state index in [-0.39, 0.29) is 18.5 Å². The van der Waals surface area contributed by atoms with E-state index < -0.39 is 0 Å². The van der Waals surface area contributed by atoms with Crippen molar-refractivity contribution in [3.05, 3.63) is 77.3 Å². The number of rotatable bonds is 10. The van der Waals surface area contributed by atoms with Gasteiger partial charge in [0.1, 0.15) is 11.9 Å². The standard InChI is InChI=1S/C33H38N6O3/c1-4-30(40)39-17-16-38(21-25(39)20-34-3)32-27-14-15-37(29-11-6-10-24-9-5-8-23(2)31(24)29)22-28(27)35-33(36-32)42-19-7-18-41-26-12-13-26/h4-6,8-11,25-26H,1,7,12-22H2,2H3/t25-/m0/s1. The van der Waals surface area contributed by atoms with E-state index in [0.29, 0.717) is 51.5 Å². The smallest absolute Gasteiger partial charge is 0.318 e. The molecule has 218 valence electrons. The highest BCUT2D eigenvalue weighted by atomic mass is 16.5. The van der Waals surface area contributed by atoms with E-state index >= 15 is 0 Å². The summed E-state index contributed by atoms with van der Waals surface area (Å²) in [5.41, 5.74) is 4.56. The van der Waals surface area contributed by atoms with Gasteiger partial charge in [-0.15, -0.1) is 0 Å². The molecule has 9 nitrogen and oxygen atoms in total. The maximum Gasteiger partial charge on any atom is 0.318 e. The largest absolute Gasteiger partial charge is 0.463 e. The number of benzene rings is 2. The Morgan fingerprint density at radius 3 is 2.74 bits per heavy atom. The van der Waals surface area contributed by atoms with Gasteiger partial charge in [-0.3, -0.25) is 4.79 Å². The lowest BCUT2D eigenvalue weighted by atomic mass is 9.99. The van der Waals surface area contributed by atoms with Crippen LogP contribution < -0.4 is 14.5 Å². The van der Waals surface area contributed by atoms with Crippen molar-refractivity contribution < 1.29 is 14.3 Å². The molecular formula is C33H38N6O3. The molecule has 3 aromatic rings. The van der Waals surface area contributed by atoms with Crippen LogP contribution >= 0.6 is 0 Å². The molecule has 1 atom stereocenters. The van der Waals surface area contributed by atoms with Gasteiger partial charge in [-0.05, 0) is 49.3 Å². The monoisotopic (exact) mass is 566 g/mol. The number of nitrogens with zero attached hydrogens (tertiary/aromatic N) is 6. The number of carbonyl (C=O) groups excluding carboxylic acids is 1. The summed E-state index contributed by atoms with van der Waals surface area (Å²) < 4.78 is 11.9. The van der Waals surface area contributed by atoms with Gasteiger partial charge in [0.15, 0.2) is 0 Å². The molecule has 1 aliphatic carbocycles. The molecule has 9 heteroatoms. The highest BCUT2D eigenvalue weighted by Crippen LogP contribution is 2.36. The number of aromatic nitrogens is 2. The summed E-state index contributed by atoms with van der Waals surface area (Å²) in [6.45, 7) is 17.9. The minimum atomic E-state index is -0.227. The molecule has 3 heterocycles. The Kier molecular flexibility index (Phi) is 8.24. The van der Waals surface area contributed by atoms with Crippen molar-refractivity contribution in [1.29, 1.82) is 0 Å². The van der Waals surface area contributed by atoms with Crippen LogP contribution in [0.15, 0.2) is 49.1 Å². The Hall–Kier alpha value is -4.16. The summed E-state index contributed by atoms with van der Waals surface area (Å²) in [7, 11) is 0.